The Morgan fingerprint density at radius 2 is 1.86 bits per heavy atom. The predicted molar refractivity (Wildman–Crippen MR) is 58.5 cm³/mol. The second-order valence-electron chi connectivity index (χ2n) is 2.73. The Balaban J connectivity index is 2.34. The Labute approximate surface area is 82.4 Å². The van der Waals surface area contributed by atoms with Crippen LogP contribution in [0.3, 0.4) is 0 Å². The van der Waals surface area contributed by atoms with Crippen LogP contribution < -0.4 is 0 Å². The van der Waals surface area contributed by atoms with Crippen molar-refractivity contribution in [2.24, 2.45) is 9.98 Å². The number of rotatable bonds is 1. The van der Waals surface area contributed by atoms with Gasteiger partial charge in [-0.15, -0.1) is 0 Å². The monoisotopic (exact) mass is 180 g/mol. The molecular formula is C12H8N2. The van der Waals surface area contributed by atoms with Gasteiger partial charge in [-0.1, -0.05) is 12.2 Å². The summed E-state index contributed by atoms with van der Waals surface area (Å²) in [4.78, 5) is 7.88. The van der Waals surface area contributed by atoms with Crippen molar-refractivity contribution < 1.29 is 0 Å². The molecule has 0 aromatic heterocycles. The van der Waals surface area contributed by atoms with E-state index in [0.717, 1.165) is 11.1 Å². The van der Waals surface area contributed by atoms with E-state index in [4.69, 9.17) is 0 Å². The van der Waals surface area contributed by atoms with Gasteiger partial charge in [0.2, 0.25) is 0 Å². The highest BCUT2D eigenvalue weighted by Gasteiger charge is 1.98. The maximum atomic E-state index is 3.99. The van der Waals surface area contributed by atoms with Gasteiger partial charge < -0.3 is 0 Å². The maximum absolute atomic E-state index is 3.99. The Morgan fingerprint density at radius 1 is 0.929 bits per heavy atom. The second kappa shape index (κ2) is 4.20. The molecule has 14 heavy (non-hydrogen) atoms. The van der Waals surface area contributed by atoms with E-state index >= 15 is 0 Å². The topological polar surface area (TPSA) is 24.7 Å². The first-order valence-corrected chi connectivity index (χ1v) is 4.28. The molecule has 0 aromatic rings. The first-order valence-electron chi connectivity index (χ1n) is 4.28. The van der Waals surface area contributed by atoms with E-state index in [1.165, 1.54) is 0 Å². The van der Waals surface area contributed by atoms with Crippen LogP contribution in [0.5, 0.6) is 0 Å². The first kappa shape index (κ1) is 8.46. The molecule has 2 rings (SSSR count). The minimum absolute atomic E-state index is 1.04. The minimum atomic E-state index is 1.04. The minimum Gasteiger partial charge on any atom is -0.214 e. The lowest BCUT2D eigenvalue weighted by molar-refractivity contribution is 1.46. The van der Waals surface area contributed by atoms with Gasteiger partial charge in [0.05, 0.1) is 0 Å². The fraction of sp³-hybridized carbons (Fsp3) is 0. The molecule has 0 unspecified atom stereocenters. The lowest BCUT2D eigenvalue weighted by Crippen LogP contribution is -1.81. The molecule has 0 saturated heterocycles. The SMILES string of the molecule is C1=CC=C(C2=CN=C=CC=C2)C=CN=1. The molecule has 0 spiro atoms. The van der Waals surface area contributed by atoms with Crippen molar-refractivity contribution in [2.45, 2.75) is 0 Å². The van der Waals surface area contributed by atoms with Crippen LogP contribution in [0.15, 0.2) is 70.0 Å². The molecule has 2 heteroatoms. The molecule has 2 aliphatic rings. The summed E-state index contributed by atoms with van der Waals surface area (Å²) < 4.78 is 0. The van der Waals surface area contributed by atoms with E-state index in [-0.39, 0.29) is 0 Å². The lowest BCUT2D eigenvalue weighted by atomic mass is 10.1. The fourth-order valence-corrected chi connectivity index (χ4v) is 1.14. The van der Waals surface area contributed by atoms with Crippen LogP contribution in [0.4, 0.5) is 0 Å². The Hall–Kier alpha value is -2.14. The van der Waals surface area contributed by atoms with Gasteiger partial charge in [-0.2, -0.15) is 0 Å². The zero-order valence-electron chi connectivity index (χ0n) is 7.51. The lowest BCUT2D eigenvalue weighted by Gasteiger charge is -1.98. The average molecular weight is 180 g/mol. The van der Waals surface area contributed by atoms with Gasteiger partial charge in [-0.25, -0.2) is 9.98 Å². The van der Waals surface area contributed by atoms with Gasteiger partial charge in [0.25, 0.3) is 0 Å². The molecular weight excluding hydrogens is 172 g/mol. The van der Waals surface area contributed by atoms with Crippen molar-refractivity contribution in [2.75, 3.05) is 0 Å². The van der Waals surface area contributed by atoms with Crippen LogP contribution in [0.1, 0.15) is 0 Å². The molecule has 0 bridgehead atoms. The molecule has 0 aliphatic carbocycles. The van der Waals surface area contributed by atoms with Gasteiger partial charge in [0, 0.05) is 24.0 Å². The van der Waals surface area contributed by atoms with E-state index in [1.54, 1.807) is 24.6 Å². The summed E-state index contributed by atoms with van der Waals surface area (Å²) in [5, 5.41) is 0. The summed E-state index contributed by atoms with van der Waals surface area (Å²) in [5.41, 5.74) is 2.11. The molecule has 0 amide bonds. The third kappa shape index (κ3) is 1.96. The van der Waals surface area contributed by atoms with Gasteiger partial charge in [-0.3, -0.25) is 0 Å². The second-order valence-corrected chi connectivity index (χ2v) is 2.73. The molecule has 2 aliphatic heterocycles. The van der Waals surface area contributed by atoms with Crippen LogP contribution in [0.2, 0.25) is 0 Å². The Kier molecular flexibility index (Phi) is 2.54. The summed E-state index contributed by atoms with van der Waals surface area (Å²) in [6.07, 6.45) is 14.8. The highest BCUT2D eigenvalue weighted by atomic mass is 14.7. The molecule has 0 atom stereocenters. The highest BCUT2D eigenvalue weighted by molar-refractivity contribution is 5.63. The molecule has 0 saturated carbocycles. The largest absolute Gasteiger partial charge is 0.214 e. The molecule has 2 heterocycles. The van der Waals surface area contributed by atoms with Gasteiger partial charge >= 0.3 is 0 Å². The molecule has 0 radical (unpaired) electrons. The molecule has 2 nitrogen and oxygen atoms in total. The van der Waals surface area contributed by atoms with Gasteiger partial charge in [-0.05, 0) is 35.5 Å². The smallest absolute Gasteiger partial charge is 0.0446 e. The van der Waals surface area contributed by atoms with Crippen LogP contribution >= 0.6 is 0 Å². The number of hydrogen-bond donors (Lipinski definition) is 0. The van der Waals surface area contributed by atoms with Crippen molar-refractivity contribution in [3.05, 3.63) is 60.0 Å². The van der Waals surface area contributed by atoms with Crippen molar-refractivity contribution in [3.8, 4) is 0 Å². The van der Waals surface area contributed by atoms with Gasteiger partial charge in [0.1, 0.15) is 0 Å². The van der Waals surface area contributed by atoms with Crippen molar-refractivity contribution in [1.29, 1.82) is 0 Å². The zero-order chi connectivity index (χ0) is 9.64. The number of aliphatic imine (C=N–C) groups is 2. The van der Waals surface area contributed by atoms with E-state index in [9.17, 15) is 0 Å². The number of allylic oxidation sites excluding steroid dienone is 8. The van der Waals surface area contributed by atoms with Crippen LogP contribution in [0.25, 0.3) is 0 Å². The van der Waals surface area contributed by atoms with E-state index in [2.05, 4.69) is 21.7 Å². The van der Waals surface area contributed by atoms with Crippen LogP contribution in [-0.4, -0.2) is 11.7 Å². The van der Waals surface area contributed by atoms with Crippen LogP contribution in [-0.2, 0) is 0 Å². The van der Waals surface area contributed by atoms with Crippen molar-refractivity contribution in [3.63, 3.8) is 0 Å². The molecule has 0 fully saturated rings. The zero-order valence-corrected chi connectivity index (χ0v) is 7.51. The van der Waals surface area contributed by atoms with Crippen molar-refractivity contribution >= 4 is 11.7 Å². The normalized spacial score (nSPS) is 17.7. The summed E-state index contributed by atoms with van der Waals surface area (Å²) in [5.74, 6) is 5.53. The summed E-state index contributed by atoms with van der Waals surface area (Å²) in [7, 11) is 0. The molecule has 0 N–H and O–H groups in total. The van der Waals surface area contributed by atoms with E-state index in [0.29, 0.717) is 0 Å². The average Bonchev–Trinajstić information content (AvgIpc) is 2.62. The number of hydrogen-bond acceptors (Lipinski definition) is 2. The first-order chi connectivity index (χ1) is 6.97. The quantitative estimate of drug-likeness (QED) is 0.591. The maximum Gasteiger partial charge on any atom is 0.0446 e. The summed E-state index contributed by atoms with van der Waals surface area (Å²) >= 11 is 0. The third-order valence-corrected chi connectivity index (χ3v) is 1.80. The highest BCUT2D eigenvalue weighted by Crippen LogP contribution is 2.15. The van der Waals surface area contributed by atoms with Crippen molar-refractivity contribution in [1.82, 2.24) is 0 Å². The predicted octanol–water partition coefficient (Wildman–Crippen LogP) is 2.35. The standard InChI is InChI=1S/C12H8N2/c1-2-7-14-10-12(4-1)11-5-3-8-13-9-6-11/h1-6,9-10H. The van der Waals surface area contributed by atoms with Crippen LogP contribution in [0, 0.1) is 0 Å². The third-order valence-electron chi connectivity index (χ3n) is 1.80. The van der Waals surface area contributed by atoms with E-state index < -0.39 is 0 Å². The Bertz CT molecular complexity index is 426. The number of nitrogens with zero attached hydrogens (tertiary/aromatic N) is 2. The molecule has 0 aromatic carbocycles. The van der Waals surface area contributed by atoms with E-state index in [1.807, 2.05) is 24.3 Å². The summed E-state index contributed by atoms with van der Waals surface area (Å²) in [6, 6.07) is 0. The molecule has 66 valence electrons. The summed E-state index contributed by atoms with van der Waals surface area (Å²) in [6.45, 7) is 0. The Morgan fingerprint density at radius 3 is 2.86 bits per heavy atom. The van der Waals surface area contributed by atoms with Gasteiger partial charge in [0.15, 0.2) is 0 Å². The fourth-order valence-electron chi connectivity index (χ4n) is 1.14.